The Morgan fingerprint density at radius 3 is 2.88 bits per heavy atom. The minimum absolute atomic E-state index is 0.0946. The Morgan fingerprint density at radius 2 is 2.29 bits per heavy atom. The van der Waals surface area contributed by atoms with Gasteiger partial charge in [0, 0.05) is 25.3 Å². The average Bonchev–Trinajstić information content (AvgIpc) is 2.26. The van der Waals surface area contributed by atoms with E-state index in [0.29, 0.717) is 13.2 Å². The highest BCUT2D eigenvalue weighted by Gasteiger charge is 2.14. The maximum absolute atomic E-state index is 13.0. The van der Waals surface area contributed by atoms with Crippen LogP contribution in [0.15, 0.2) is 18.2 Å². The molecule has 0 aliphatic carbocycles. The molecule has 1 aromatic rings. The lowest BCUT2D eigenvalue weighted by Gasteiger charge is -2.13. The number of hydrogen-bond acceptors (Lipinski definition) is 4. The molecule has 1 rings (SSSR count). The summed E-state index contributed by atoms with van der Waals surface area (Å²) < 4.78 is 18.3. The molecule has 0 aliphatic heterocycles. The van der Waals surface area contributed by atoms with E-state index < -0.39 is 10.7 Å². The Hall–Kier alpha value is -1.69. The fraction of sp³-hybridized carbons (Fsp3) is 0.455. The van der Waals surface area contributed by atoms with Gasteiger partial charge in [-0.1, -0.05) is 0 Å². The van der Waals surface area contributed by atoms with Crippen molar-refractivity contribution in [1.82, 2.24) is 0 Å². The smallest absolute Gasteiger partial charge is 0.292 e. The van der Waals surface area contributed by atoms with Crippen LogP contribution in [0.4, 0.5) is 15.8 Å². The quantitative estimate of drug-likeness (QED) is 0.615. The molecule has 0 heterocycles. The summed E-state index contributed by atoms with van der Waals surface area (Å²) in [5.74, 6) is -0.512. The van der Waals surface area contributed by atoms with Crippen molar-refractivity contribution >= 4 is 11.4 Å². The van der Waals surface area contributed by atoms with Crippen LogP contribution < -0.4 is 5.32 Å². The maximum atomic E-state index is 13.0. The first-order valence-electron chi connectivity index (χ1n) is 5.34. The summed E-state index contributed by atoms with van der Waals surface area (Å²) in [6.07, 6.45) is -0.0946. The fourth-order valence-electron chi connectivity index (χ4n) is 1.41. The summed E-state index contributed by atoms with van der Waals surface area (Å²) in [7, 11) is 0. The summed E-state index contributed by atoms with van der Waals surface area (Å²) in [5, 5.41) is 13.5. The molecule has 5 nitrogen and oxygen atoms in total. The van der Waals surface area contributed by atoms with Crippen LogP contribution in [-0.2, 0) is 4.74 Å². The highest BCUT2D eigenvalue weighted by atomic mass is 19.1. The Morgan fingerprint density at radius 1 is 1.59 bits per heavy atom. The molecule has 0 aromatic heterocycles. The first-order valence-corrected chi connectivity index (χ1v) is 5.34. The summed E-state index contributed by atoms with van der Waals surface area (Å²) in [5.41, 5.74) is 0.0247. The summed E-state index contributed by atoms with van der Waals surface area (Å²) in [6.45, 7) is 4.65. The van der Waals surface area contributed by atoms with E-state index in [9.17, 15) is 14.5 Å². The van der Waals surface area contributed by atoms with Crippen molar-refractivity contribution < 1.29 is 14.1 Å². The van der Waals surface area contributed by atoms with Crippen LogP contribution in [0.3, 0.4) is 0 Å². The van der Waals surface area contributed by atoms with E-state index in [4.69, 9.17) is 4.74 Å². The first kappa shape index (κ1) is 13.4. The monoisotopic (exact) mass is 242 g/mol. The number of nitrogens with zero attached hydrogens (tertiary/aromatic N) is 1. The lowest BCUT2D eigenvalue weighted by molar-refractivity contribution is -0.384. The molecule has 0 bridgehead atoms. The Kier molecular flexibility index (Phi) is 4.84. The van der Waals surface area contributed by atoms with Gasteiger partial charge in [-0.05, 0) is 19.9 Å². The van der Waals surface area contributed by atoms with Crippen LogP contribution in [0.2, 0.25) is 0 Å². The zero-order valence-corrected chi connectivity index (χ0v) is 9.77. The molecule has 17 heavy (non-hydrogen) atoms. The van der Waals surface area contributed by atoms with Crippen LogP contribution in [0, 0.1) is 15.9 Å². The molecule has 0 saturated heterocycles. The predicted octanol–water partition coefficient (Wildman–Crippen LogP) is 2.57. The summed E-state index contributed by atoms with van der Waals surface area (Å²) in [6, 6.07) is 3.31. The number of rotatable bonds is 6. The molecule has 0 spiro atoms. The number of ether oxygens (including phenoxy) is 1. The van der Waals surface area contributed by atoms with Crippen molar-refractivity contribution in [3.8, 4) is 0 Å². The van der Waals surface area contributed by atoms with Crippen molar-refractivity contribution in [3.05, 3.63) is 34.1 Å². The number of benzene rings is 1. The normalized spacial score (nSPS) is 12.2. The van der Waals surface area contributed by atoms with Crippen LogP contribution in [0.5, 0.6) is 0 Å². The molecular formula is C11H15FN2O3. The van der Waals surface area contributed by atoms with Gasteiger partial charge in [0.2, 0.25) is 0 Å². The number of nitro benzene ring substituents is 1. The van der Waals surface area contributed by atoms with Crippen molar-refractivity contribution in [2.24, 2.45) is 0 Å². The molecule has 0 fully saturated rings. The van der Waals surface area contributed by atoms with Crippen LogP contribution >= 0.6 is 0 Å². The van der Waals surface area contributed by atoms with Gasteiger partial charge < -0.3 is 10.1 Å². The number of nitrogens with one attached hydrogen (secondary N) is 1. The third kappa shape index (κ3) is 3.99. The van der Waals surface area contributed by atoms with Crippen LogP contribution in [0.1, 0.15) is 13.8 Å². The van der Waals surface area contributed by atoms with E-state index in [1.165, 1.54) is 0 Å². The number of hydrogen-bond donors (Lipinski definition) is 1. The molecule has 6 heteroatoms. The molecule has 0 amide bonds. The van der Waals surface area contributed by atoms with Gasteiger partial charge >= 0.3 is 0 Å². The van der Waals surface area contributed by atoms with Gasteiger partial charge in [-0.2, -0.15) is 0 Å². The third-order valence-electron chi connectivity index (χ3n) is 2.19. The Bertz CT molecular complexity index is 398. The van der Waals surface area contributed by atoms with Gasteiger partial charge in [-0.3, -0.25) is 10.1 Å². The Balaban J connectivity index is 2.75. The van der Waals surface area contributed by atoms with Crippen molar-refractivity contribution in [2.75, 3.05) is 18.5 Å². The van der Waals surface area contributed by atoms with E-state index in [0.717, 1.165) is 18.2 Å². The van der Waals surface area contributed by atoms with E-state index in [1.54, 1.807) is 0 Å². The molecule has 94 valence electrons. The minimum atomic E-state index is -0.548. The zero-order valence-electron chi connectivity index (χ0n) is 9.77. The third-order valence-corrected chi connectivity index (χ3v) is 2.19. The van der Waals surface area contributed by atoms with Gasteiger partial charge in [-0.25, -0.2) is 4.39 Å². The van der Waals surface area contributed by atoms with Crippen molar-refractivity contribution in [3.63, 3.8) is 0 Å². The largest absolute Gasteiger partial charge is 0.377 e. The van der Waals surface area contributed by atoms with Gasteiger partial charge in [0.1, 0.15) is 11.5 Å². The second-order valence-electron chi connectivity index (χ2n) is 3.57. The fourth-order valence-corrected chi connectivity index (χ4v) is 1.41. The zero-order chi connectivity index (χ0) is 12.8. The SMILES string of the molecule is CCOC(C)CNc1cc(F)ccc1[N+](=O)[O-]. The second kappa shape index (κ2) is 6.15. The number of halogens is 1. The molecule has 1 unspecified atom stereocenters. The molecule has 1 atom stereocenters. The topological polar surface area (TPSA) is 64.4 Å². The summed E-state index contributed by atoms with van der Waals surface area (Å²) >= 11 is 0. The summed E-state index contributed by atoms with van der Waals surface area (Å²) in [4.78, 5) is 10.2. The lowest BCUT2D eigenvalue weighted by Crippen LogP contribution is -2.20. The van der Waals surface area contributed by atoms with Gasteiger partial charge in [0.25, 0.3) is 5.69 Å². The van der Waals surface area contributed by atoms with Crippen LogP contribution in [-0.4, -0.2) is 24.2 Å². The highest BCUT2D eigenvalue weighted by molar-refractivity contribution is 5.61. The number of nitro groups is 1. The van der Waals surface area contributed by atoms with E-state index in [2.05, 4.69) is 5.32 Å². The minimum Gasteiger partial charge on any atom is -0.377 e. The highest BCUT2D eigenvalue weighted by Crippen LogP contribution is 2.24. The molecule has 0 radical (unpaired) electrons. The molecule has 0 saturated carbocycles. The van der Waals surface area contributed by atoms with Crippen LogP contribution in [0.25, 0.3) is 0 Å². The predicted molar refractivity (Wildman–Crippen MR) is 62.6 cm³/mol. The second-order valence-corrected chi connectivity index (χ2v) is 3.57. The standard InChI is InChI=1S/C11H15FN2O3/c1-3-17-8(2)7-13-10-6-9(12)4-5-11(10)14(15)16/h4-6,8,13H,3,7H2,1-2H3. The van der Waals surface area contributed by atoms with Gasteiger partial charge in [0.05, 0.1) is 11.0 Å². The molecular weight excluding hydrogens is 227 g/mol. The van der Waals surface area contributed by atoms with E-state index >= 15 is 0 Å². The molecule has 1 N–H and O–H groups in total. The molecule has 0 aliphatic rings. The number of anilines is 1. The average molecular weight is 242 g/mol. The Labute approximate surface area is 98.7 Å². The maximum Gasteiger partial charge on any atom is 0.292 e. The first-order chi connectivity index (χ1) is 8.04. The van der Waals surface area contributed by atoms with Gasteiger partial charge in [-0.15, -0.1) is 0 Å². The van der Waals surface area contributed by atoms with Crippen molar-refractivity contribution in [2.45, 2.75) is 20.0 Å². The van der Waals surface area contributed by atoms with E-state index in [-0.39, 0.29) is 17.5 Å². The lowest BCUT2D eigenvalue weighted by atomic mass is 10.2. The molecule has 1 aromatic carbocycles. The van der Waals surface area contributed by atoms with Crippen molar-refractivity contribution in [1.29, 1.82) is 0 Å². The van der Waals surface area contributed by atoms with E-state index in [1.807, 2.05) is 13.8 Å². The van der Waals surface area contributed by atoms with Gasteiger partial charge in [0.15, 0.2) is 0 Å².